The third-order valence-electron chi connectivity index (χ3n) is 4.41. The predicted molar refractivity (Wildman–Crippen MR) is 93.4 cm³/mol. The second-order valence-corrected chi connectivity index (χ2v) is 8.08. The molecule has 0 radical (unpaired) electrons. The summed E-state index contributed by atoms with van der Waals surface area (Å²) in [6, 6.07) is 7.54. The van der Waals surface area contributed by atoms with E-state index in [1.54, 1.807) is 0 Å². The van der Waals surface area contributed by atoms with Gasteiger partial charge in [-0.25, -0.2) is 0 Å². The number of hydrogen-bond donors (Lipinski definition) is 0. The van der Waals surface area contributed by atoms with E-state index < -0.39 is 0 Å². The number of esters is 1. The van der Waals surface area contributed by atoms with Gasteiger partial charge in [0.05, 0.1) is 5.75 Å². The van der Waals surface area contributed by atoms with Gasteiger partial charge >= 0.3 is 5.97 Å². The van der Waals surface area contributed by atoms with Crippen molar-refractivity contribution in [2.45, 2.75) is 51.0 Å². The summed E-state index contributed by atoms with van der Waals surface area (Å²) >= 11 is 7.36. The lowest BCUT2D eigenvalue weighted by molar-refractivity contribution is -0.152. The van der Waals surface area contributed by atoms with Gasteiger partial charge in [-0.3, -0.25) is 4.79 Å². The summed E-state index contributed by atoms with van der Waals surface area (Å²) in [6.07, 6.45) is 3.50. The highest BCUT2D eigenvalue weighted by Crippen LogP contribution is 2.35. The molecule has 0 spiro atoms. The van der Waals surface area contributed by atoms with Crippen molar-refractivity contribution >= 4 is 29.3 Å². The fraction of sp³-hybridized carbons (Fsp3) is 0.611. The maximum absolute atomic E-state index is 12.2. The van der Waals surface area contributed by atoms with Crippen LogP contribution in [0, 0.1) is 17.8 Å². The molecule has 122 valence electrons. The van der Waals surface area contributed by atoms with Crippen LogP contribution in [0.25, 0.3) is 0 Å². The quantitative estimate of drug-likeness (QED) is 0.527. The Bertz CT molecular complexity index is 486. The summed E-state index contributed by atoms with van der Waals surface area (Å²) in [5.74, 6) is 1.97. The molecule has 0 N–H and O–H groups in total. The van der Waals surface area contributed by atoms with Gasteiger partial charge in [-0.2, -0.15) is 0 Å². The highest BCUT2D eigenvalue weighted by molar-refractivity contribution is 8.00. The first-order valence-corrected chi connectivity index (χ1v) is 9.40. The molecule has 1 aromatic rings. The van der Waals surface area contributed by atoms with Gasteiger partial charge in [-0.05, 0) is 54.9 Å². The third kappa shape index (κ3) is 5.20. The van der Waals surface area contributed by atoms with E-state index >= 15 is 0 Å². The summed E-state index contributed by atoms with van der Waals surface area (Å²) in [6.45, 7) is 6.70. The Balaban J connectivity index is 1.85. The molecule has 0 bridgehead atoms. The average Bonchev–Trinajstić information content (AvgIpc) is 2.46. The van der Waals surface area contributed by atoms with Crippen molar-refractivity contribution in [2.75, 3.05) is 5.75 Å². The Morgan fingerprint density at radius 1 is 1.32 bits per heavy atom. The summed E-state index contributed by atoms with van der Waals surface area (Å²) < 4.78 is 5.80. The highest BCUT2D eigenvalue weighted by atomic mass is 35.5. The largest absolute Gasteiger partial charge is 0.461 e. The van der Waals surface area contributed by atoms with Crippen LogP contribution in [0.5, 0.6) is 0 Å². The summed E-state index contributed by atoms with van der Waals surface area (Å²) in [5.41, 5.74) is 0. The first kappa shape index (κ1) is 17.7. The Labute approximate surface area is 143 Å². The lowest BCUT2D eigenvalue weighted by Gasteiger charge is -2.36. The van der Waals surface area contributed by atoms with Crippen LogP contribution in [-0.2, 0) is 9.53 Å². The molecule has 0 amide bonds. The second kappa shape index (κ2) is 8.26. The molecule has 1 aliphatic carbocycles. The van der Waals surface area contributed by atoms with Crippen molar-refractivity contribution in [3.8, 4) is 0 Å². The number of hydrogen-bond acceptors (Lipinski definition) is 3. The SMILES string of the molecule is CC1CCC(C(C)C)C(OC(=O)CSc2ccc(Cl)cc2)C1. The van der Waals surface area contributed by atoms with Gasteiger partial charge in [-0.1, -0.05) is 38.8 Å². The molecule has 1 saturated carbocycles. The smallest absolute Gasteiger partial charge is 0.316 e. The Hall–Kier alpha value is -0.670. The lowest BCUT2D eigenvalue weighted by atomic mass is 9.75. The van der Waals surface area contributed by atoms with Crippen molar-refractivity contribution in [1.29, 1.82) is 0 Å². The van der Waals surface area contributed by atoms with Crippen LogP contribution >= 0.6 is 23.4 Å². The van der Waals surface area contributed by atoms with Gasteiger partial charge in [0.1, 0.15) is 6.10 Å². The molecule has 3 atom stereocenters. The molecule has 2 nitrogen and oxygen atoms in total. The number of carbonyl (C=O) groups excluding carboxylic acids is 1. The minimum absolute atomic E-state index is 0.0852. The minimum atomic E-state index is -0.107. The topological polar surface area (TPSA) is 26.3 Å². The van der Waals surface area contributed by atoms with E-state index in [-0.39, 0.29) is 12.1 Å². The Morgan fingerprint density at radius 3 is 2.64 bits per heavy atom. The van der Waals surface area contributed by atoms with Crippen LogP contribution in [0.4, 0.5) is 0 Å². The van der Waals surface area contributed by atoms with E-state index in [0.717, 1.165) is 11.3 Å². The molecular weight excluding hydrogens is 316 g/mol. The van der Waals surface area contributed by atoms with Crippen LogP contribution in [-0.4, -0.2) is 17.8 Å². The first-order valence-electron chi connectivity index (χ1n) is 8.03. The van der Waals surface area contributed by atoms with Crippen molar-refractivity contribution in [3.05, 3.63) is 29.3 Å². The van der Waals surface area contributed by atoms with Gasteiger partial charge < -0.3 is 4.74 Å². The van der Waals surface area contributed by atoms with E-state index in [9.17, 15) is 4.79 Å². The van der Waals surface area contributed by atoms with Crippen LogP contribution in [0.3, 0.4) is 0 Å². The van der Waals surface area contributed by atoms with E-state index in [1.807, 2.05) is 24.3 Å². The Morgan fingerprint density at radius 2 is 2.00 bits per heavy atom. The fourth-order valence-electron chi connectivity index (χ4n) is 3.13. The predicted octanol–water partition coefficient (Wildman–Crippen LogP) is 5.44. The van der Waals surface area contributed by atoms with Crippen molar-refractivity contribution in [1.82, 2.24) is 0 Å². The van der Waals surface area contributed by atoms with Gasteiger partial charge in [0, 0.05) is 9.92 Å². The molecule has 2 rings (SSSR count). The number of halogens is 1. The Kier molecular flexibility index (Phi) is 6.64. The highest BCUT2D eigenvalue weighted by Gasteiger charge is 2.33. The van der Waals surface area contributed by atoms with Gasteiger partial charge in [0.2, 0.25) is 0 Å². The van der Waals surface area contributed by atoms with E-state index in [1.165, 1.54) is 24.6 Å². The molecule has 1 fully saturated rings. The van der Waals surface area contributed by atoms with Gasteiger partial charge in [0.15, 0.2) is 0 Å². The molecule has 22 heavy (non-hydrogen) atoms. The summed E-state index contributed by atoms with van der Waals surface area (Å²) in [4.78, 5) is 13.2. The van der Waals surface area contributed by atoms with Gasteiger partial charge in [0.25, 0.3) is 0 Å². The molecule has 0 aromatic heterocycles. The zero-order chi connectivity index (χ0) is 16.1. The van der Waals surface area contributed by atoms with E-state index in [2.05, 4.69) is 20.8 Å². The van der Waals surface area contributed by atoms with Crippen molar-refractivity contribution in [2.24, 2.45) is 17.8 Å². The van der Waals surface area contributed by atoms with Crippen LogP contribution < -0.4 is 0 Å². The van der Waals surface area contributed by atoms with Crippen LogP contribution in [0.1, 0.15) is 40.0 Å². The van der Waals surface area contributed by atoms with Crippen molar-refractivity contribution < 1.29 is 9.53 Å². The second-order valence-electron chi connectivity index (χ2n) is 6.60. The zero-order valence-electron chi connectivity index (χ0n) is 13.5. The van der Waals surface area contributed by atoms with Crippen LogP contribution in [0.15, 0.2) is 29.2 Å². The minimum Gasteiger partial charge on any atom is -0.461 e. The molecular formula is C18H25ClO2S. The van der Waals surface area contributed by atoms with Crippen molar-refractivity contribution in [3.63, 3.8) is 0 Å². The molecule has 3 unspecified atom stereocenters. The fourth-order valence-corrected chi connectivity index (χ4v) is 3.93. The molecule has 1 aliphatic rings. The third-order valence-corrected chi connectivity index (χ3v) is 5.65. The molecule has 1 aromatic carbocycles. The average molecular weight is 341 g/mol. The lowest BCUT2D eigenvalue weighted by Crippen LogP contribution is -2.36. The normalized spacial score (nSPS) is 25.2. The summed E-state index contributed by atoms with van der Waals surface area (Å²) in [7, 11) is 0. The molecule has 0 saturated heterocycles. The number of carbonyl (C=O) groups is 1. The standard InChI is InChI=1S/C18H25ClO2S/c1-12(2)16-9-4-13(3)10-17(16)21-18(20)11-22-15-7-5-14(19)6-8-15/h5-8,12-13,16-17H,4,9-11H2,1-3H3. The van der Waals surface area contributed by atoms with E-state index in [4.69, 9.17) is 16.3 Å². The van der Waals surface area contributed by atoms with E-state index in [0.29, 0.717) is 28.5 Å². The molecule has 4 heteroatoms. The zero-order valence-corrected chi connectivity index (χ0v) is 15.1. The van der Waals surface area contributed by atoms with Gasteiger partial charge in [-0.15, -0.1) is 11.8 Å². The number of rotatable bonds is 5. The monoisotopic (exact) mass is 340 g/mol. The number of benzene rings is 1. The summed E-state index contributed by atoms with van der Waals surface area (Å²) in [5, 5.41) is 0.711. The maximum Gasteiger partial charge on any atom is 0.316 e. The first-order chi connectivity index (χ1) is 10.5. The maximum atomic E-state index is 12.2. The number of thioether (sulfide) groups is 1. The van der Waals surface area contributed by atoms with Crippen LogP contribution in [0.2, 0.25) is 5.02 Å². The molecule has 0 heterocycles. The number of ether oxygens (including phenoxy) is 1. The molecule has 0 aliphatic heterocycles.